The maximum absolute atomic E-state index is 14.5. The Morgan fingerprint density at radius 2 is 2.00 bits per heavy atom. The maximum Gasteiger partial charge on any atom is 0.229 e. The van der Waals surface area contributed by atoms with Crippen molar-refractivity contribution in [1.29, 1.82) is 5.26 Å². The van der Waals surface area contributed by atoms with E-state index < -0.39 is 17.4 Å². The average molecular weight is 520 g/mol. The number of pyridine rings is 1. The van der Waals surface area contributed by atoms with Crippen molar-refractivity contribution < 1.29 is 18.6 Å². The van der Waals surface area contributed by atoms with Gasteiger partial charge >= 0.3 is 0 Å². The number of nitrogens with one attached hydrogen (secondary N) is 1. The summed E-state index contributed by atoms with van der Waals surface area (Å²) < 4.78 is 36.3. The van der Waals surface area contributed by atoms with Crippen molar-refractivity contribution in [3.63, 3.8) is 0 Å². The molecule has 4 aromatic rings. The van der Waals surface area contributed by atoms with Crippen LogP contribution in [0.25, 0.3) is 16.8 Å². The number of halogens is 2. The summed E-state index contributed by atoms with van der Waals surface area (Å²) in [6.07, 6.45) is 6.78. The van der Waals surface area contributed by atoms with Crippen LogP contribution < -0.4 is 11.1 Å². The molecule has 4 unspecified atom stereocenters. The van der Waals surface area contributed by atoms with Gasteiger partial charge in [0.2, 0.25) is 5.95 Å². The number of aromatic nitrogens is 4. The molecule has 11 heteroatoms. The third-order valence-electron chi connectivity index (χ3n) is 6.93. The number of phenols is 1. The van der Waals surface area contributed by atoms with Crippen LogP contribution >= 0.6 is 0 Å². The van der Waals surface area contributed by atoms with E-state index in [-0.39, 0.29) is 35.2 Å². The van der Waals surface area contributed by atoms with Crippen LogP contribution in [0.3, 0.4) is 0 Å². The molecule has 0 spiro atoms. The molecule has 1 aliphatic rings. The van der Waals surface area contributed by atoms with Gasteiger partial charge in [-0.3, -0.25) is 4.98 Å². The summed E-state index contributed by atoms with van der Waals surface area (Å²) in [5, 5.41) is 26.0. The van der Waals surface area contributed by atoms with Gasteiger partial charge in [0.1, 0.15) is 17.4 Å². The van der Waals surface area contributed by atoms with Gasteiger partial charge in [0.25, 0.3) is 0 Å². The Morgan fingerprint density at radius 3 is 2.74 bits per heavy atom. The van der Waals surface area contributed by atoms with Crippen molar-refractivity contribution in [3.8, 4) is 23.1 Å². The highest BCUT2D eigenvalue weighted by Gasteiger charge is 2.35. The second-order valence-electron chi connectivity index (χ2n) is 9.56. The number of nitriles is 1. The summed E-state index contributed by atoms with van der Waals surface area (Å²) in [6.45, 7) is 2.47. The number of nitrogens with zero attached hydrogens (tertiary/aromatic N) is 5. The lowest BCUT2D eigenvalue weighted by molar-refractivity contribution is -0.0198. The highest BCUT2D eigenvalue weighted by atomic mass is 19.1. The zero-order chi connectivity index (χ0) is 26.8. The summed E-state index contributed by atoms with van der Waals surface area (Å²) in [5.41, 5.74) is 8.56. The number of fused-ring (bicyclic) bond motifs is 1. The van der Waals surface area contributed by atoms with Gasteiger partial charge in [0.15, 0.2) is 0 Å². The Bertz CT molecular complexity index is 1470. The van der Waals surface area contributed by atoms with Gasteiger partial charge in [-0.05, 0) is 48.4 Å². The number of hydrogen-bond donors (Lipinski definition) is 3. The second-order valence-corrected chi connectivity index (χ2v) is 9.56. The maximum atomic E-state index is 14.5. The molecule has 0 bridgehead atoms. The molecule has 196 valence electrons. The summed E-state index contributed by atoms with van der Waals surface area (Å²) >= 11 is 0. The van der Waals surface area contributed by atoms with Crippen molar-refractivity contribution in [2.45, 2.75) is 44.2 Å². The van der Waals surface area contributed by atoms with E-state index in [9.17, 15) is 13.9 Å². The number of ether oxygens (including phenoxy) is 1. The highest BCUT2D eigenvalue weighted by Crippen LogP contribution is 2.40. The van der Waals surface area contributed by atoms with Crippen molar-refractivity contribution in [2.24, 2.45) is 11.7 Å². The molecule has 3 heterocycles. The van der Waals surface area contributed by atoms with E-state index in [1.807, 2.05) is 6.07 Å². The minimum Gasteiger partial charge on any atom is -0.508 e. The van der Waals surface area contributed by atoms with Gasteiger partial charge in [0.05, 0.1) is 60.1 Å². The summed E-state index contributed by atoms with van der Waals surface area (Å²) in [5.74, 6) is -1.67. The standard InChI is InChI=1S/C27H27F2N7O2/c1-15-9-16(10-22(31)26(15)38-8-2-6-30)19-5-7-32-14-24(19)34-27-33-13-17-3-4-23(35-36(17)27)25-20(28)11-18(37)12-21(25)29/h3-5,7,11-16,22,26,37H,2,8-10,31H2,1H3,(H,33,34). The lowest BCUT2D eigenvalue weighted by atomic mass is 9.74. The molecule has 1 aliphatic carbocycles. The van der Waals surface area contributed by atoms with Crippen molar-refractivity contribution in [3.05, 3.63) is 66.1 Å². The number of nitrogens with two attached hydrogens (primary N) is 1. The Labute approximate surface area is 217 Å². The fourth-order valence-electron chi connectivity index (χ4n) is 5.24. The zero-order valence-corrected chi connectivity index (χ0v) is 20.7. The zero-order valence-electron chi connectivity index (χ0n) is 20.7. The van der Waals surface area contributed by atoms with Gasteiger partial charge in [-0.2, -0.15) is 14.9 Å². The Kier molecular flexibility index (Phi) is 7.18. The highest BCUT2D eigenvalue weighted by molar-refractivity contribution is 5.66. The normalized spacial score (nSPS) is 21.3. The van der Waals surface area contributed by atoms with E-state index in [1.54, 1.807) is 24.7 Å². The first-order chi connectivity index (χ1) is 18.4. The molecule has 38 heavy (non-hydrogen) atoms. The molecule has 0 aliphatic heterocycles. The van der Waals surface area contributed by atoms with Crippen molar-refractivity contribution in [2.75, 3.05) is 11.9 Å². The van der Waals surface area contributed by atoms with E-state index in [4.69, 9.17) is 15.7 Å². The lowest BCUT2D eigenvalue weighted by Gasteiger charge is -2.39. The molecule has 9 nitrogen and oxygen atoms in total. The number of anilines is 2. The molecule has 1 aromatic carbocycles. The smallest absolute Gasteiger partial charge is 0.229 e. The monoisotopic (exact) mass is 519 g/mol. The Morgan fingerprint density at radius 1 is 1.21 bits per heavy atom. The molecular weight excluding hydrogens is 492 g/mol. The predicted octanol–water partition coefficient (Wildman–Crippen LogP) is 4.66. The van der Waals surface area contributed by atoms with Crippen LogP contribution in [0.15, 0.2) is 48.9 Å². The molecule has 4 N–H and O–H groups in total. The molecule has 1 saturated carbocycles. The van der Waals surface area contributed by atoms with E-state index in [0.29, 0.717) is 30.9 Å². The third kappa shape index (κ3) is 5.01. The first-order valence-corrected chi connectivity index (χ1v) is 12.3. The fourth-order valence-corrected chi connectivity index (χ4v) is 5.24. The SMILES string of the molecule is CC1CC(c2ccncc2Nc2ncc3ccc(-c4c(F)cc(O)cc4F)nn23)CC(N)C1OCCC#N. The van der Waals surface area contributed by atoms with Crippen LogP contribution in [0.2, 0.25) is 0 Å². The number of hydrogen-bond acceptors (Lipinski definition) is 8. The van der Waals surface area contributed by atoms with Crippen molar-refractivity contribution in [1.82, 2.24) is 19.6 Å². The van der Waals surface area contributed by atoms with E-state index in [0.717, 1.165) is 29.8 Å². The van der Waals surface area contributed by atoms with Gasteiger partial charge in [0, 0.05) is 24.4 Å². The van der Waals surface area contributed by atoms with Gasteiger partial charge in [-0.25, -0.2) is 13.8 Å². The van der Waals surface area contributed by atoms with Gasteiger partial charge in [-0.15, -0.1) is 0 Å². The number of phenolic OH excluding ortho intramolecular Hbond substituents is 1. The molecule has 0 radical (unpaired) electrons. The Balaban J connectivity index is 1.42. The average Bonchev–Trinajstić information content (AvgIpc) is 3.27. The van der Waals surface area contributed by atoms with E-state index >= 15 is 0 Å². The fraction of sp³-hybridized carbons (Fsp3) is 0.333. The van der Waals surface area contributed by atoms with Crippen LogP contribution in [0.5, 0.6) is 5.75 Å². The number of imidazole rings is 1. The van der Waals surface area contributed by atoms with Gasteiger partial charge < -0.3 is 20.9 Å². The van der Waals surface area contributed by atoms with Crippen LogP contribution in [-0.4, -0.2) is 43.4 Å². The second kappa shape index (κ2) is 10.7. The Hall–Kier alpha value is -4.14. The van der Waals surface area contributed by atoms with Crippen LogP contribution in [0.4, 0.5) is 20.4 Å². The first-order valence-electron chi connectivity index (χ1n) is 12.3. The summed E-state index contributed by atoms with van der Waals surface area (Å²) in [6, 6.07) is 8.69. The quantitative estimate of drug-likeness (QED) is 0.300. The molecule has 1 fully saturated rings. The number of rotatable bonds is 7. The van der Waals surface area contributed by atoms with E-state index in [1.165, 1.54) is 10.6 Å². The molecule has 3 aromatic heterocycles. The van der Waals surface area contributed by atoms with Crippen LogP contribution in [-0.2, 0) is 4.74 Å². The summed E-state index contributed by atoms with van der Waals surface area (Å²) in [7, 11) is 0. The molecule has 4 atom stereocenters. The first kappa shape index (κ1) is 25.5. The number of aromatic hydroxyl groups is 1. The van der Waals surface area contributed by atoms with E-state index in [2.05, 4.69) is 33.4 Å². The minimum atomic E-state index is -0.920. The molecule has 0 saturated heterocycles. The third-order valence-corrected chi connectivity index (χ3v) is 6.93. The van der Waals surface area contributed by atoms with Gasteiger partial charge in [-0.1, -0.05) is 6.92 Å². The minimum absolute atomic E-state index is 0.0504. The lowest BCUT2D eigenvalue weighted by Crippen LogP contribution is -2.46. The topological polar surface area (TPSA) is 134 Å². The summed E-state index contributed by atoms with van der Waals surface area (Å²) in [4.78, 5) is 8.69. The van der Waals surface area contributed by atoms with Crippen LogP contribution in [0, 0.1) is 28.9 Å². The van der Waals surface area contributed by atoms with Crippen molar-refractivity contribution >= 4 is 17.2 Å². The number of benzene rings is 1. The largest absolute Gasteiger partial charge is 0.508 e. The van der Waals surface area contributed by atoms with Crippen LogP contribution in [0.1, 0.15) is 37.7 Å². The molecule has 5 rings (SSSR count). The molecular formula is C27H27F2N7O2. The molecule has 0 amide bonds. The predicted molar refractivity (Wildman–Crippen MR) is 137 cm³/mol.